The summed E-state index contributed by atoms with van der Waals surface area (Å²) in [6, 6.07) is 6.07. The Morgan fingerprint density at radius 2 is 1.42 bits per heavy atom. The van der Waals surface area contributed by atoms with Crippen LogP contribution in [0, 0.1) is 5.82 Å². The van der Waals surface area contributed by atoms with Crippen molar-refractivity contribution in [2.24, 2.45) is 4.99 Å². The molecular formula is C18H26FN3O4. The van der Waals surface area contributed by atoms with Crippen molar-refractivity contribution in [2.75, 3.05) is 0 Å². The number of ether oxygens (including phenoxy) is 2. The Morgan fingerprint density at radius 1 is 0.962 bits per heavy atom. The zero-order valence-corrected chi connectivity index (χ0v) is 16.0. The quantitative estimate of drug-likeness (QED) is 0.616. The summed E-state index contributed by atoms with van der Waals surface area (Å²) in [5, 5.41) is 4.67. The number of rotatable bonds is 2. The number of halogens is 1. The number of carbonyl (C=O) groups excluding carboxylic acids is 2. The van der Waals surface area contributed by atoms with E-state index in [1.54, 1.807) is 59.7 Å². The number of carbonyl (C=O) groups is 2. The van der Waals surface area contributed by atoms with Gasteiger partial charge >= 0.3 is 12.2 Å². The molecule has 0 aromatic heterocycles. The first-order valence-corrected chi connectivity index (χ1v) is 8.13. The van der Waals surface area contributed by atoms with Gasteiger partial charge in [0, 0.05) is 5.56 Å². The molecule has 0 bridgehead atoms. The smallest absolute Gasteiger partial charge is 0.414 e. The summed E-state index contributed by atoms with van der Waals surface area (Å²) in [5.74, 6) is -0.637. The van der Waals surface area contributed by atoms with E-state index in [-0.39, 0.29) is 12.5 Å². The van der Waals surface area contributed by atoms with Gasteiger partial charge in [0.2, 0.25) is 5.96 Å². The number of benzene rings is 1. The molecule has 0 aliphatic heterocycles. The molecule has 0 unspecified atom stereocenters. The van der Waals surface area contributed by atoms with Crippen LogP contribution < -0.4 is 10.6 Å². The number of nitrogens with one attached hydrogen (secondary N) is 2. The van der Waals surface area contributed by atoms with Crippen LogP contribution in [0.2, 0.25) is 0 Å². The Balaban J connectivity index is 2.90. The van der Waals surface area contributed by atoms with E-state index in [9.17, 15) is 14.0 Å². The lowest BCUT2D eigenvalue weighted by Crippen LogP contribution is -2.47. The van der Waals surface area contributed by atoms with Gasteiger partial charge in [0.05, 0.1) is 6.54 Å². The molecule has 0 spiro atoms. The average molecular weight is 367 g/mol. The van der Waals surface area contributed by atoms with Crippen molar-refractivity contribution in [1.82, 2.24) is 10.6 Å². The minimum Gasteiger partial charge on any atom is -0.444 e. The molecule has 0 fully saturated rings. The van der Waals surface area contributed by atoms with E-state index in [2.05, 4.69) is 15.6 Å². The Labute approximate surface area is 153 Å². The van der Waals surface area contributed by atoms with Crippen LogP contribution in [-0.2, 0) is 16.0 Å². The Morgan fingerprint density at radius 3 is 1.85 bits per heavy atom. The maximum absolute atomic E-state index is 13.7. The van der Waals surface area contributed by atoms with Gasteiger partial charge in [-0.3, -0.25) is 10.6 Å². The monoisotopic (exact) mass is 367 g/mol. The van der Waals surface area contributed by atoms with E-state index in [1.807, 2.05) is 0 Å². The van der Waals surface area contributed by atoms with Gasteiger partial charge < -0.3 is 9.47 Å². The molecule has 8 heteroatoms. The summed E-state index contributed by atoms with van der Waals surface area (Å²) in [7, 11) is 0. The number of hydrogen-bond acceptors (Lipinski definition) is 5. The van der Waals surface area contributed by atoms with Gasteiger partial charge in [-0.2, -0.15) is 0 Å². The van der Waals surface area contributed by atoms with E-state index in [0.717, 1.165) is 0 Å². The molecule has 2 amide bonds. The minimum absolute atomic E-state index is 0.0897. The van der Waals surface area contributed by atoms with E-state index < -0.39 is 29.2 Å². The lowest BCUT2D eigenvalue weighted by molar-refractivity contribution is 0.0545. The number of nitrogens with zero attached hydrogens (tertiary/aromatic N) is 1. The highest BCUT2D eigenvalue weighted by molar-refractivity contribution is 6.01. The fourth-order valence-corrected chi connectivity index (χ4v) is 1.70. The van der Waals surface area contributed by atoms with Gasteiger partial charge in [-0.25, -0.2) is 19.0 Å². The summed E-state index contributed by atoms with van der Waals surface area (Å²) in [6.45, 7) is 10.1. The van der Waals surface area contributed by atoms with E-state index in [4.69, 9.17) is 9.47 Å². The molecule has 0 aliphatic carbocycles. The third-order valence-electron chi connectivity index (χ3n) is 2.60. The third-order valence-corrected chi connectivity index (χ3v) is 2.60. The van der Waals surface area contributed by atoms with Gasteiger partial charge in [-0.1, -0.05) is 18.2 Å². The predicted octanol–water partition coefficient (Wildman–Crippen LogP) is 3.73. The van der Waals surface area contributed by atoms with Crippen molar-refractivity contribution in [2.45, 2.75) is 59.3 Å². The van der Waals surface area contributed by atoms with E-state index >= 15 is 0 Å². The number of hydrogen-bond donors (Lipinski definition) is 2. The van der Waals surface area contributed by atoms with Crippen LogP contribution in [0.4, 0.5) is 14.0 Å². The van der Waals surface area contributed by atoms with Crippen LogP contribution in [0.15, 0.2) is 29.3 Å². The topological polar surface area (TPSA) is 89.0 Å². The second-order valence-corrected chi connectivity index (χ2v) is 7.51. The first kappa shape index (κ1) is 21.4. The first-order chi connectivity index (χ1) is 11.9. The zero-order valence-electron chi connectivity index (χ0n) is 16.0. The maximum Gasteiger partial charge on any atom is 0.414 e. The van der Waals surface area contributed by atoms with Gasteiger partial charge in [-0.05, 0) is 47.6 Å². The summed E-state index contributed by atoms with van der Waals surface area (Å²) < 4.78 is 24.0. The summed E-state index contributed by atoms with van der Waals surface area (Å²) >= 11 is 0. The largest absolute Gasteiger partial charge is 0.444 e. The molecule has 0 saturated heterocycles. The Kier molecular flexibility index (Phi) is 7.11. The van der Waals surface area contributed by atoms with Crippen LogP contribution in [0.1, 0.15) is 47.1 Å². The molecule has 7 nitrogen and oxygen atoms in total. The van der Waals surface area contributed by atoms with Crippen LogP contribution in [-0.4, -0.2) is 29.3 Å². The Bertz CT molecular complexity index is 644. The van der Waals surface area contributed by atoms with Crippen molar-refractivity contribution in [3.63, 3.8) is 0 Å². The molecular weight excluding hydrogens is 341 g/mol. The lowest BCUT2D eigenvalue weighted by atomic mass is 10.2. The fourth-order valence-electron chi connectivity index (χ4n) is 1.70. The van der Waals surface area contributed by atoms with Gasteiger partial charge in [0.1, 0.15) is 17.0 Å². The zero-order chi connectivity index (χ0) is 20.0. The molecule has 1 rings (SSSR count). The second-order valence-electron chi connectivity index (χ2n) is 7.51. The summed E-state index contributed by atoms with van der Waals surface area (Å²) in [4.78, 5) is 27.9. The van der Waals surface area contributed by atoms with E-state index in [1.165, 1.54) is 6.07 Å². The minimum atomic E-state index is -0.805. The predicted molar refractivity (Wildman–Crippen MR) is 96.3 cm³/mol. The van der Waals surface area contributed by atoms with E-state index in [0.29, 0.717) is 5.56 Å². The molecule has 0 aliphatic rings. The normalized spacial score (nSPS) is 11.3. The number of amides is 2. The molecule has 0 heterocycles. The number of aliphatic imine (C=N–C) groups is 1. The summed E-state index contributed by atoms with van der Waals surface area (Å²) in [6.07, 6.45) is -1.61. The van der Waals surface area contributed by atoms with Crippen LogP contribution in [0.3, 0.4) is 0 Å². The lowest BCUT2D eigenvalue weighted by Gasteiger charge is -2.22. The molecule has 1 aromatic rings. The van der Waals surface area contributed by atoms with Crippen molar-refractivity contribution >= 4 is 18.1 Å². The Hall–Kier alpha value is -2.64. The van der Waals surface area contributed by atoms with Crippen LogP contribution in [0.25, 0.3) is 0 Å². The summed E-state index contributed by atoms with van der Waals surface area (Å²) in [5.41, 5.74) is -1.15. The molecule has 144 valence electrons. The van der Waals surface area contributed by atoms with Crippen molar-refractivity contribution in [3.8, 4) is 0 Å². The molecule has 2 N–H and O–H groups in total. The molecule has 0 radical (unpaired) electrons. The maximum atomic E-state index is 13.7. The highest BCUT2D eigenvalue weighted by atomic mass is 19.1. The SMILES string of the molecule is CC(C)(C)OC(=O)NC(=NCc1ccccc1F)NC(=O)OC(C)(C)C. The second kappa shape index (κ2) is 8.64. The highest BCUT2D eigenvalue weighted by Gasteiger charge is 2.21. The van der Waals surface area contributed by atoms with Crippen molar-refractivity contribution < 1.29 is 23.5 Å². The first-order valence-electron chi connectivity index (χ1n) is 8.13. The molecule has 1 aromatic carbocycles. The third kappa shape index (κ3) is 9.00. The average Bonchev–Trinajstić information content (AvgIpc) is 2.41. The highest BCUT2D eigenvalue weighted by Crippen LogP contribution is 2.09. The number of guanidine groups is 1. The van der Waals surface area contributed by atoms with Gasteiger partial charge in [0.25, 0.3) is 0 Å². The molecule has 26 heavy (non-hydrogen) atoms. The standard InChI is InChI=1S/C18H26FN3O4/c1-17(2,3)25-15(23)21-14(22-16(24)26-18(4,5)6)20-11-12-9-7-8-10-13(12)19/h7-10H,11H2,1-6H3,(H2,20,21,22,23,24). The molecule has 0 atom stereocenters. The van der Waals surface area contributed by atoms with Gasteiger partial charge in [-0.15, -0.1) is 0 Å². The molecule has 0 saturated carbocycles. The van der Waals surface area contributed by atoms with Crippen molar-refractivity contribution in [3.05, 3.63) is 35.6 Å². The van der Waals surface area contributed by atoms with Gasteiger partial charge in [0.15, 0.2) is 0 Å². The van der Waals surface area contributed by atoms with Crippen LogP contribution >= 0.6 is 0 Å². The van der Waals surface area contributed by atoms with Crippen molar-refractivity contribution in [1.29, 1.82) is 0 Å². The fraction of sp³-hybridized carbons (Fsp3) is 0.500. The number of alkyl carbamates (subject to hydrolysis) is 2. The van der Waals surface area contributed by atoms with Crippen LogP contribution in [0.5, 0.6) is 0 Å².